The molecule has 0 amide bonds. The van der Waals surface area contributed by atoms with E-state index in [0.29, 0.717) is 17.3 Å². The van der Waals surface area contributed by atoms with Gasteiger partial charge in [-0.1, -0.05) is 41.5 Å². The zero-order valence-electron chi connectivity index (χ0n) is 15.7. The van der Waals surface area contributed by atoms with Crippen molar-refractivity contribution in [3.63, 3.8) is 0 Å². The molecule has 132 valence electrons. The molecule has 0 spiro atoms. The zero-order chi connectivity index (χ0) is 18.3. The first-order valence-electron chi connectivity index (χ1n) is 8.25. The average molecular weight is 348 g/mol. The molecule has 0 bridgehead atoms. The molecule has 1 aromatic heterocycles. The normalized spacial score (nSPS) is 12.5. The number of nitrogens with zero attached hydrogens (tertiary/aromatic N) is 2. The maximum absolute atomic E-state index is 10.8. The van der Waals surface area contributed by atoms with Gasteiger partial charge < -0.3 is 10.5 Å². The SMILES string of the molecule is Cc1nc(S)cn1NCc1cc(C(C)(C)C)c(O)c(C(C)(C)C)c1. The summed E-state index contributed by atoms with van der Waals surface area (Å²) in [6.07, 6.45) is 1.86. The lowest BCUT2D eigenvalue weighted by Gasteiger charge is -2.28. The van der Waals surface area contributed by atoms with Crippen molar-refractivity contribution in [2.45, 2.75) is 70.9 Å². The Labute approximate surface area is 150 Å². The van der Waals surface area contributed by atoms with Crippen LogP contribution in [0.2, 0.25) is 0 Å². The molecule has 2 aromatic rings. The molecule has 1 heterocycles. The van der Waals surface area contributed by atoms with Crippen LogP contribution < -0.4 is 5.43 Å². The molecule has 1 aromatic carbocycles. The van der Waals surface area contributed by atoms with Crippen LogP contribution in [0.3, 0.4) is 0 Å². The van der Waals surface area contributed by atoms with Crippen LogP contribution in [0, 0.1) is 6.92 Å². The second kappa shape index (κ2) is 6.36. The van der Waals surface area contributed by atoms with Gasteiger partial charge in [0.15, 0.2) is 0 Å². The number of aromatic nitrogens is 2. The van der Waals surface area contributed by atoms with Gasteiger partial charge in [-0.25, -0.2) is 4.98 Å². The Hall–Kier alpha value is -1.62. The van der Waals surface area contributed by atoms with E-state index >= 15 is 0 Å². The fraction of sp³-hybridized carbons (Fsp3) is 0.526. The summed E-state index contributed by atoms with van der Waals surface area (Å²) in [7, 11) is 0. The van der Waals surface area contributed by atoms with E-state index in [0.717, 1.165) is 22.5 Å². The van der Waals surface area contributed by atoms with Crippen LogP contribution in [0.25, 0.3) is 0 Å². The first-order valence-corrected chi connectivity index (χ1v) is 8.70. The molecule has 5 heteroatoms. The molecule has 0 saturated heterocycles. The fourth-order valence-electron chi connectivity index (χ4n) is 2.73. The number of aromatic hydroxyl groups is 1. The highest BCUT2D eigenvalue weighted by Gasteiger charge is 2.26. The Kier molecular flexibility index (Phi) is 4.96. The summed E-state index contributed by atoms with van der Waals surface area (Å²) in [6.45, 7) is 15.3. The second-order valence-electron chi connectivity index (χ2n) is 8.39. The van der Waals surface area contributed by atoms with Crippen molar-refractivity contribution in [3.05, 3.63) is 40.8 Å². The van der Waals surface area contributed by atoms with E-state index in [2.05, 4.69) is 76.7 Å². The minimum atomic E-state index is -0.122. The molecule has 4 nitrogen and oxygen atoms in total. The van der Waals surface area contributed by atoms with Gasteiger partial charge in [0.25, 0.3) is 0 Å². The van der Waals surface area contributed by atoms with Crippen molar-refractivity contribution in [2.75, 3.05) is 5.43 Å². The van der Waals surface area contributed by atoms with Gasteiger partial charge in [0.2, 0.25) is 0 Å². The van der Waals surface area contributed by atoms with Crippen LogP contribution in [-0.4, -0.2) is 14.8 Å². The Morgan fingerprint density at radius 3 is 1.96 bits per heavy atom. The minimum absolute atomic E-state index is 0.122. The quantitative estimate of drug-likeness (QED) is 0.715. The summed E-state index contributed by atoms with van der Waals surface area (Å²) in [5.74, 6) is 1.28. The molecule has 0 saturated carbocycles. The molecule has 0 aliphatic heterocycles. The molecule has 2 N–H and O–H groups in total. The number of nitrogens with one attached hydrogen (secondary N) is 1. The minimum Gasteiger partial charge on any atom is -0.507 e. The average Bonchev–Trinajstić information content (AvgIpc) is 2.73. The number of imidazole rings is 1. The molecule has 24 heavy (non-hydrogen) atoms. The van der Waals surface area contributed by atoms with Gasteiger partial charge in [-0.05, 0) is 46.6 Å². The highest BCUT2D eigenvalue weighted by atomic mass is 32.1. The molecule has 0 radical (unpaired) electrons. The van der Waals surface area contributed by atoms with Crippen molar-refractivity contribution >= 4 is 12.6 Å². The number of aryl methyl sites for hydroxylation is 1. The van der Waals surface area contributed by atoms with Crippen molar-refractivity contribution in [1.82, 2.24) is 9.66 Å². The van der Waals surface area contributed by atoms with E-state index in [-0.39, 0.29) is 10.8 Å². The summed E-state index contributed by atoms with van der Waals surface area (Å²) in [5, 5.41) is 11.5. The Balaban J connectivity index is 2.41. The maximum Gasteiger partial charge on any atom is 0.125 e. The molecule has 0 aliphatic carbocycles. The van der Waals surface area contributed by atoms with Gasteiger partial charge >= 0.3 is 0 Å². The highest BCUT2D eigenvalue weighted by molar-refractivity contribution is 7.80. The Bertz CT molecular complexity index is 701. The predicted molar refractivity (Wildman–Crippen MR) is 103 cm³/mol. The largest absolute Gasteiger partial charge is 0.507 e. The maximum atomic E-state index is 10.8. The molecular formula is C19H29N3OS. The smallest absolute Gasteiger partial charge is 0.125 e. The lowest BCUT2D eigenvalue weighted by Crippen LogP contribution is -2.20. The molecule has 0 unspecified atom stereocenters. The van der Waals surface area contributed by atoms with E-state index < -0.39 is 0 Å². The summed E-state index contributed by atoms with van der Waals surface area (Å²) in [5.41, 5.74) is 6.19. The number of thiol groups is 1. The van der Waals surface area contributed by atoms with E-state index in [1.54, 1.807) is 0 Å². The fourth-order valence-corrected chi connectivity index (χ4v) is 2.99. The van der Waals surface area contributed by atoms with Gasteiger partial charge in [0.05, 0.1) is 12.7 Å². The van der Waals surface area contributed by atoms with E-state index in [9.17, 15) is 5.11 Å². The Morgan fingerprint density at radius 2 is 1.58 bits per heavy atom. The standard InChI is InChI=1S/C19H29N3OS/c1-12-21-16(24)11-22(12)20-10-13-8-14(18(2,3)4)17(23)15(9-13)19(5,6)7/h8-9,11,20,23-24H,10H2,1-7H3. The van der Waals surface area contributed by atoms with Crippen LogP contribution in [-0.2, 0) is 17.4 Å². The van der Waals surface area contributed by atoms with Crippen LogP contribution in [0.1, 0.15) is 64.1 Å². The molecular weight excluding hydrogens is 318 g/mol. The van der Waals surface area contributed by atoms with E-state index in [4.69, 9.17) is 0 Å². The van der Waals surface area contributed by atoms with Gasteiger partial charge in [-0.15, -0.1) is 12.6 Å². The van der Waals surface area contributed by atoms with Crippen LogP contribution in [0.5, 0.6) is 5.75 Å². The predicted octanol–water partition coefficient (Wildman–Crippen LogP) is 4.52. The first kappa shape index (κ1) is 18.7. The zero-order valence-corrected chi connectivity index (χ0v) is 16.6. The summed E-state index contributed by atoms with van der Waals surface area (Å²) in [4.78, 5) is 4.28. The number of phenolic OH excluding ortho intramolecular Hbond substituents is 1. The Morgan fingerprint density at radius 1 is 1.08 bits per heavy atom. The van der Waals surface area contributed by atoms with Gasteiger partial charge in [0.1, 0.15) is 16.6 Å². The molecule has 0 fully saturated rings. The number of hydrogen-bond acceptors (Lipinski definition) is 4. The number of rotatable bonds is 3. The summed E-state index contributed by atoms with van der Waals surface area (Å²) >= 11 is 4.27. The van der Waals surface area contributed by atoms with Crippen molar-refractivity contribution < 1.29 is 5.11 Å². The molecule has 0 aliphatic rings. The highest BCUT2D eigenvalue weighted by Crippen LogP contribution is 2.39. The number of benzene rings is 1. The molecule has 0 atom stereocenters. The van der Waals surface area contributed by atoms with Crippen LogP contribution in [0.15, 0.2) is 23.4 Å². The third kappa shape index (κ3) is 4.07. The lowest BCUT2D eigenvalue weighted by atomic mass is 9.78. The number of phenols is 1. The topological polar surface area (TPSA) is 50.1 Å². The van der Waals surface area contributed by atoms with Crippen molar-refractivity contribution in [3.8, 4) is 5.75 Å². The van der Waals surface area contributed by atoms with E-state index in [1.165, 1.54) is 0 Å². The van der Waals surface area contributed by atoms with Gasteiger partial charge in [0, 0.05) is 0 Å². The molecule has 2 rings (SSSR count). The van der Waals surface area contributed by atoms with Crippen molar-refractivity contribution in [2.24, 2.45) is 0 Å². The van der Waals surface area contributed by atoms with Gasteiger partial charge in [-0.2, -0.15) is 0 Å². The number of hydrogen-bond donors (Lipinski definition) is 3. The van der Waals surface area contributed by atoms with Crippen LogP contribution in [0.4, 0.5) is 0 Å². The lowest BCUT2D eigenvalue weighted by molar-refractivity contribution is 0.422. The second-order valence-corrected chi connectivity index (χ2v) is 8.85. The summed E-state index contributed by atoms with van der Waals surface area (Å²) in [6, 6.07) is 4.18. The van der Waals surface area contributed by atoms with Crippen LogP contribution >= 0.6 is 12.6 Å². The van der Waals surface area contributed by atoms with Crippen molar-refractivity contribution in [1.29, 1.82) is 0 Å². The third-order valence-electron chi connectivity index (χ3n) is 4.11. The first-order chi connectivity index (χ1) is 10.9. The van der Waals surface area contributed by atoms with Gasteiger partial charge in [-0.3, -0.25) is 4.68 Å². The monoisotopic (exact) mass is 347 g/mol. The summed E-state index contributed by atoms with van der Waals surface area (Å²) < 4.78 is 1.88. The van der Waals surface area contributed by atoms with E-state index in [1.807, 2.05) is 17.8 Å². The third-order valence-corrected chi connectivity index (χ3v) is 4.32.